The standard InChI is InChI=1S/C21H18F3N3O2/c22-21(23,24)17-12-7-13-25-19(17)27(16-10-5-2-6-11-16)20(29)26-18(14-28)15-8-3-1-4-9-15/h1-13,18,28H,14H2,(H,26,29). The van der Waals surface area contributed by atoms with E-state index in [0.717, 1.165) is 17.0 Å². The summed E-state index contributed by atoms with van der Waals surface area (Å²) in [5.74, 6) is -0.548. The number of nitrogens with zero attached hydrogens (tertiary/aromatic N) is 2. The molecule has 2 amide bonds. The van der Waals surface area contributed by atoms with Gasteiger partial charge in [-0.25, -0.2) is 14.7 Å². The third-order valence-electron chi connectivity index (χ3n) is 4.20. The number of halogens is 3. The fourth-order valence-corrected chi connectivity index (χ4v) is 2.84. The van der Waals surface area contributed by atoms with Crippen LogP contribution in [0.4, 0.5) is 29.5 Å². The first-order valence-electron chi connectivity index (χ1n) is 8.75. The minimum absolute atomic E-state index is 0.207. The molecule has 3 aromatic rings. The number of para-hydroxylation sites is 1. The van der Waals surface area contributed by atoms with Gasteiger partial charge in [0.2, 0.25) is 0 Å². The van der Waals surface area contributed by atoms with Gasteiger partial charge in [0.25, 0.3) is 0 Å². The first kappa shape index (κ1) is 20.3. The first-order valence-corrected chi connectivity index (χ1v) is 8.75. The maximum absolute atomic E-state index is 13.5. The number of carbonyl (C=O) groups is 1. The minimum atomic E-state index is -4.70. The Morgan fingerprint density at radius 2 is 1.62 bits per heavy atom. The quantitative estimate of drug-likeness (QED) is 0.652. The molecule has 2 N–H and O–H groups in total. The molecule has 1 heterocycles. The van der Waals surface area contributed by atoms with Crippen molar-refractivity contribution in [3.8, 4) is 0 Å². The Morgan fingerprint density at radius 1 is 1.00 bits per heavy atom. The van der Waals surface area contributed by atoms with Crippen molar-refractivity contribution in [1.82, 2.24) is 10.3 Å². The number of urea groups is 1. The maximum Gasteiger partial charge on any atom is 0.419 e. The molecule has 0 aliphatic carbocycles. The summed E-state index contributed by atoms with van der Waals surface area (Å²) >= 11 is 0. The summed E-state index contributed by atoms with van der Waals surface area (Å²) in [5.41, 5.74) is -0.216. The van der Waals surface area contributed by atoms with E-state index in [1.54, 1.807) is 48.5 Å². The van der Waals surface area contributed by atoms with Crippen LogP contribution in [0.1, 0.15) is 17.2 Å². The molecule has 5 nitrogen and oxygen atoms in total. The third-order valence-corrected chi connectivity index (χ3v) is 4.20. The van der Waals surface area contributed by atoms with Crippen molar-refractivity contribution in [1.29, 1.82) is 0 Å². The molecule has 0 saturated carbocycles. The van der Waals surface area contributed by atoms with Crippen LogP contribution < -0.4 is 10.2 Å². The highest BCUT2D eigenvalue weighted by Crippen LogP contribution is 2.37. The summed E-state index contributed by atoms with van der Waals surface area (Å²) in [6.07, 6.45) is -3.51. The second-order valence-electron chi connectivity index (χ2n) is 6.14. The van der Waals surface area contributed by atoms with Crippen LogP contribution in [0.25, 0.3) is 0 Å². The number of anilines is 2. The van der Waals surface area contributed by atoms with Crippen LogP contribution in [0.15, 0.2) is 79.0 Å². The molecule has 0 bridgehead atoms. The molecule has 1 unspecified atom stereocenters. The highest BCUT2D eigenvalue weighted by Gasteiger charge is 2.37. The minimum Gasteiger partial charge on any atom is -0.394 e. The highest BCUT2D eigenvalue weighted by atomic mass is 19.4. The molecule has 29 heavy (non-hydrogen) atoms. The highest BCUT2D eigenvalue weighted by molar-refractivity contribution is 5.99. The van der Waals surface area contributed by atoms with Gasteiger partial charge in [0, 0.05) is 6.20 Å². The maximum atomic E-state index is 13.5. The van der Waals surface area contributed by atoms with Crippen molar-refractivity contribution in [2.24, 2.45) is 0 Å². The van der Waals surface area contributed by atoms with Crippen LogP contribution in [0.2, 0.25) is 0 Å². The Bertz CT molecular complexity index is 950. The van der Waals surface area contributed by atoms with E-state index in [2.05, 4.69) is 10.3 Å². The van der Waals surface area contributed by atoms with Gasteiger partial charge in [-0.3, -0.25) is 0 Å². The Labute approximate surface area is 165 Å². The Morgan fingerprint density at radius 3 is 2.21 bits per heavy atom. The summed E-state index contributed by atoms with van der Waals surface area (Å²) in [4.78, 5) is 17.7. The van der Waals surface area contributed by atoms with Crippen LogP contribution in [-0.4, -0.2) is 22.7 Å². The molecule has 0 spiro atoms. The number of amides is 2. The zero-order chi connectivity index (χ0) is 20.9. The van der Waals surface area contributed by atoms with E-state index in [0.29, 0.717) is 5.56 Å². The molecule has 2 aromatic carbocycles. The number of nitrogens with one attached hydrogen (secondary N) is 1. The van der Waals surface area contributed by atoms with E-state index < -0.39 is 36.2 Å². The number of pyridine rings is 1. The van der Waals surface area contributed by atoms with Crippen LogP contribution in [0.3, 0.4) is 0 Å². The van der Waals surface area contributed by atoms with Crippen molar-refractivity contribution >= 4 is 17.5 Å². The summed E-state index contributed by atoms with van der Waals surface area (Å²) in [6.45, 7) is -0.424. The Balaban J connectivity index is 2.03. The SMILES string of the molecule is O=C(NC(CO)c1ccccc1)N(c1ccccc1)c1ncccc1C(F)(F)F. The molecular weight excluding hydrogens is 383 g/mol. The van der Waals surface area contributed by atoms with Gasteiger partial charge in [0.05, 0.1) is 23.9 Å². The van der Waals surface area contributed by atoms with Crippen LogP contribution in [0.5, 0.6) is 0 Å². The molecule has 3 rings (SSSR count). The van der Waals surface area contributed by atoms with Gasteiger partial charge in [-0.1, -0.05) is 48.5 Å². The van der Waals surface area contributed by atoms with Crippen LogP contribution in [-0.2, 0) is 6.18 Å². The molecule has 8 heteroatoms. The van der Waals surface area contributed by atoms with Gasteiger partial charge in [0.15, 0.2) is 5.82 Å². The molecule has 150 valence electrons. The Kier molecular flexibility index (Phi) is 6.13. The lowest BCUT2D eigenvalue weighted by Gasteiger charge is -2.27. The largest absolute Gasteiger partial charge is 0.419 e. The van der Waals surface area contributed by atoms with Crippen LogP contribution >= 0.6 is 0 Å². The van der Waals surface area contributed by atoms with Gasteiger partial charge in [-0.15, -0.1) is 0 Å². The molecule has 0 radical (unpaired) electrons. The van der Waals surface area contributed by atoms with Crippen molar-refractivity contribution in [2.45, 2.75) is 12.2 Å². The summed E-state index contributed by atoms with van der Waals surface area (Å²) in [6, 6.07) is 16.9. The smallest absolute Gasteiger partial charge is 0.394 e. The third kappa shape index (κ3) is 4.72. The predicted molar refractivity (Wildman–Crippen MR) is 103 cm³/mol. The molecule has 0 aliphatic rings. The van der Waals surface area contributed by atoms with Gasteiger partial charge >= 0.3 is 12.2 Å². The number of alkyl halides is 3. The van der Waals surface area contributed by atoms with Gasteiger partial charge < -0.3 is 10.4 Å². The zero-order valence-corrected chi connectivity index (χ0v) is 15.2. The van der Waals surface area contributed by atoms with Gasteiger partial charge in [-0.2, -0.15) is 13.2 Å². The monoisotopic (exact) mass is 401 g/mol. The second kappa shape index (κ2) is 8.74. The normalized spacial score (nSPS) is 12.3. The summed E-state index contributed by atoms with van der Waals surface area (Å²) < 4.78 is 40.6. The molecule has 0 aliphatic heterocycles. The van der Waals surface area contributed by atoms with E-state index in [1.165, 1.54) is 18.3 Å². The molecule has 0 saturated heterocycles. The van der Waals surface area contributed by atoms with E-state index in [-0.39, 0.29) is 5.69 Å². The van der Waals surface area contributed by atoms with Crippen molar-refractivity contribution in [2.75, 3.05) is 11.5 Å². The van der Waals surface area contributed by atoms with Crippen LogP contribution in [0, 0.1) is 0 Å². The number of benzene rings is 2. The van der Waals surface area contributed by atoms with Gasteiger partial charge in [0.1, 0.15) is 0 Å². The average molecular weight is 401 g/mol. The number of aliphatic hydroxyl groups is 1. The number of rotatable bonds is 5. The molecular formula is C21H18F3N3O2. The van der Waals surface area contributed by atoms with E-state index in [4.69, 9.17) is 0 Å². The van der Waals surface area contributed by atoms with Crippen molar-refractivity contribution in [3.63, 3.8) is 0 Å². The fourth-order valence-electron chi connectivity index (χ4n) is 2.84. The molecule has 1 aromatic heterocycles. The topological polar surface area (TPSA) is 65.5 Å². The fraction of sp³-hybridized carbons (Fsp3) is 0.143. The predicted octanol–water partition coefficient (Wildman–Crippen LogP) is 4.68. The molecule has 0 fully saturated rings. The number of aliphatic hydroxyl groups excluding tert-OH is 1. The van der Waals surface area contributed by atoms with E-state index >= 15 is 0 Å². The number of hydrogen-bond acceptors (Lipinski definition) is 3. The van der Waals surface area contributed by atoms with E-state index in [9.17, 15) is 23.1 Å². The lowest BCUT2D eigenvalue weighted by Crippen LogP contribution is -2.41. The summed E-state index contributed by atoms with van der Waals surface area (Å²) in [7, 11) is 0. The number of carbonyl (C=O) groups excluding carboxylic acids is 1. The van der Waals surface area contributed by atoms with E-state index in [1.807, 2.05) is 0 Å². The number of aromatic nitrogens is 1. The van der Waals surface area contributed by atoms with Gasteiger partial charge in [-0.05, 0) is 29.8 Å². The lowest BCUT2D eigenvalue weighted by molar-refractivity contribution is -0.137. The first-order chi connectivity index (χ1) is 13.9. The zero-order valence-electron chi connectivity index (χ0n) is 15.2. The van der Waals surface area contributed by atoms with Crippen molar-refractivity contribution < 1.29 is 23.1 Å². The molecule has 1 atom stereocenters. The lowest BCUT2D eigenvalue weighted by atomic mass is 10.1. The Hall–Kier alpha value is -3.39. The summed E-state index contributed by atoms with van der Waals surface area (Å²) in [5, 5.41) is 12.3. The second-order valence-corrected chi connectivity index (χ2v) is 6.14. The average Bonchev–Trinajstić information content (AvgIpc) is 2.73. The van der Waals surface area contributed by atoms with Crippen molar-refractivity contribution in [3.05, 3.63) is 90.1 Å². The number of hydrogen-bond donors (Lipinski definition) is 2.